The summed E-state index contributed by atoms with van der Waals surface area (Å²) in [5, 5.41) is 3.17. The van der Waals surface area contributed by atoms with Crippen LogP contribution in [0, 0.1) is 17.8 Å². The summed E-state index contributed by atoms with van der Waals surface area (Å²) < 4.78 is 0. The summed E-state index contributed by atoms with van der Waals surface area (Å²) >= 11 is 0. The highest BCUT2D eigenvalue weighted by Crippen LogP contribution is 2.54. The van der Waals surface area contributed by atoms with E-state index >= 15 is 0 Å². The van der Waals surface area contributed by atoms with Crippen LogP contribution in [0.1, 0.15) is 30.9 Å². The van der Waals surface area contributed by atoms with Crippen LogP contribution in [0.2, 0.25) is 0 Å². The molecular weight excluding hydrogens is 248 g/mol. The Labute approximate surface area is 121 Å². The van der Waals surface area contributed by atoms with Crippen LogP contribution in [0.5, 0.6) is 0 Å². The summed E-state index contributed by atoms with van der Waals surface area (Å²) in [6.07, 6.45) is 3.61. The van der Waals surface area contributed by atoms with Gasteiger partial charge in [-0.25, -0.2) is 0 Å². The largest absolute Gasteiger partial charge is 0.354 e. The molecule has 0 aromatic heterocycles. The smallest absolute Gasteiger partial charge is 0.223 e. The minimum Gasteiger partial charge on any atom is -0.354 e. The van der Waals surface area contributed by atoms with E-state index in [1.54, 1.807) is 0 Å². The highest BCUT2D eigenvalue weighted by atomic mass is 16.1. The van der Waals surface area contributed by atoms with E-state index in [4.69, 9.17) is 0 Å². The summed E-state index contributed by atoms with van der Waals surface area (Å²) in [4.78, 5) is 14.4. The number of carbonyl (C=O) groups is 1. The highest BCUT2D eigenvalue weighted by molar-refractivity contribution is 5.79. The van der Waals surface area contributed by atoms with Gasteiger partial charge in [-0.3, -0.25) is 4.79 Å². The molecule has 3 rings (SSSR count). The van der Waals surface area contributed by atoms with Gasteiger partial charge in [-0.15, -0.1) is 0 Å². The van der Waals surface area contributed by atoms with Gasteiger partial charge in [-0.2, -0.15) is 0 Å². The van der Waals surface area contributed by atoms with E-state index in [9.17, 15) is 4.79 Å². The zero-order chi connectivity index (χ0) is 14.1. The molecule has 108 valence electrons. The second-order valence-electron chi connectivity index (χ2n) is 6.56. The van der Waals surface area contributed by atoms with Crippen molar-refractivity contribution in [2.45, 2.75) is 25.3 Å². The fourth-order valence-corrected chi connectivity index (χ4v) is 3.54. The topological polar surface area (TPSA) is 32.3 Å². The lowest BCUT2D eigenvalue weighted by molar-refractivity contribution is -0.125. The van der Waals surface area contributed by atoms with E-state index in [1.165, 1.54) is 12.0 Å². The predicted octanol–water partition coefficient (Wildman–Crippen LogP) is 2.45. The standard InChI is InChI=1S/C17H24N2O/c1-19(2)16(12-6-4-3-5-7-12)11-18-17(20)15-9-13-8-14(13)10-15/h3-7,13-16H,8-11H2,1-2H3,(H,18,20). The fourth-order valence-electron chi connectivity index (χ4n) is 3.54. The zero-order valence-corrected chi connectivity index (χ0v) is 12.4. The number of fused-ring (bicyclic) bond motifs is 1. The van der Waals surface area contributed by atoms with Gasteiger partial charge >= 0.3 is 0 Å². The van der Waals surface area contributed by atoms with Crippen molar-refractivity contribution in [3.05, 3.63) is 35.9 Å². The normalized spacial score (nSPS) is 29.1. The third-order valence-electron chi connectivity index (χ3n) is 4.89. The molecule has 0 bridgehead atoms. The second-order valence-corrected chi connectivity index (χ2v) is 6.56. The number of carbonyl (C=O) groups excluding carboxylic acids is 1. The van der Waals surface area contributed by atoms with Crippen LogP contribution in [0.3, 0.4) is 0 Å². The van der Waals surface area contributed by atoms with Crippen LogP contribution in [-0.4, -0.2) is 31.4 Å². The number of rotatable bonds is 5. The van der Waals surface area contributed by atoms with Crippen LogP contribution in [0.25, 0.3) is 0 Å². The summed E-state index contributed by atoms with van der Waals surface area (Å²) in [6.45, 7) is 0.696. The molecule has 0 spiro atoms. The number of benzene rings is 1. The lowest BCUT2D eigenvalue weighted by Crippen LogP contribution is -2.37. The lowest BCUT2D eigenvalue weighted by atomic mass is 10.0. The van der Waals surface area contributed by atoms with Crippen LogP contribution in [0.15, 0.2) is 30.3 Å². The Hall–Kier alpha value is -1.35. The van der Waals surface area contributed by atoms with Gasteiger partial charge in [0.25, 0.3) is 0 Å². The van der Waals surface area contributed by atoms with Crippen LogP contribution in [0.4, 0.5) is 0 Å². The molecule has 3 nitrogen and oxygen atoms in total. The molecule has 0 radical (unpaired) electrons. The molecular formula is C17H24N2O. The Morgan fingerprint density at radius 3 is 2.45 bits per heavy atom. The quantitative estimate of drug-likeness (QED) is 0.893. The first kappa shape index (κ1) is 13.6. The van der Waals surface area contributed by atoms with E-state index in [2.05, 4.69) is 48.6 Å². The molecule has 1 N–H and O–H groups in total. The summed E-state index contributed by atoms with van der Waals surface area (Å²) in [7, 11) is 4.13. The first-order valence-corrected chi connectivity index (χ1v) is 7.64. The summed E-state index contributed by atoms with van der Waals surface area (Å²) in [6, 6.07) is 10.6. The predicted molar refractivity (Wildman–Crippen MR) is 80.2 cm³/mol. The third-order valence-corrected chi connectivity index (χ3v) is 4.89. The first-order valence-electron chi connectivity index (χ1n) is 7.64. The Balaban J connectivity index is 1.56. The zero-order valence-electron chi connectivity index (χ0n) is 12.4. The number of nitrogens with one attached hydrogen (secondary N) is 1. The molecule has 3 atom stereocenters. The maximum absolute atomic E-state index is 12.2. The molecule has 3 unspecified atom stereocenters. The number of amides is 1. The SMILES string of the molecule is CN(C)C(CNC(=O)C1CC2CC2C1)c1ccccc1. The highest BCUT2D eigenvalue weighted by Gasteiger charge is 2.47. The van der Waals surface area contributed by atoms with Gasteiger partial charge in [0.05, 0.1) is 6.04 Å². The van der Waals surface area contributed by atoms with Gasteiger partial charge in [0.1, 0.15) is 0 Å². The molecule has 1 amide bonds. The van der Waals surface area contributed by atoms with E-state index in [0.29, 0.717) is 6.54 Å². The van der Waals surface area contributed by atoms with Gasteiger partial charge in [0.2, 0.25) is 5.91 Å². The molecule has 1 aromatic carbocycles. The van der Waals surface area contributed by atoms with E-state index < -0.39 is 0 Å². The number of hydrogen-bond donors (Lipinski definition) is 1. The lowest BCUT2D eigenvalue weighted by Gasteiger charge is -2.26. The van der Waals surface area contributed by atoms with Crippen molar-refractivity contribution >= 4 is 5.91 Å². The summed E-state index contributed by atoms with van der Waals surface area (Å²) in [5.41, 5.74) is 1.26. The van der Waals surface area contributed by atoms with Crippen molar-refractivity contribution in [1.82, 2.24) is 10.2 Å². The van der Waals surface area contributed by atoms with Crippen LogP contribution >= 0.6 is 0 Å². The van der Waals surface area contributed by atoms with Crippen molar-refractivity contribution in [1.29, 1.82) is 0 Å². The Kier molecular flexibility index (Phi) is 3.79. The first-order chi connectivity index (χ1) is 9.65. The molecule has 0 aliphatic heterocycles. The van der Waals surface area contributed by atoms with Gasteiger partial charge in [0, 0.05) is 12.5 Å². The van der Waals surface area contributed by atoms with Crippen LogP contribution < -0.4 is 5.32 Å². The van der Waals surface area contributed by atoms with Crippen molar-refractivity contribution in [2.24, 2.45) is 17.8 Å². The number of likely N-dealkylation sites (N-methyl/N-ethyl adjacent to an activating group) is 1. The van der Waals surface area contributed by atoms with Gasteiger partial charge in [-0.05, 0) is 50.8 Å². The molecule has 2 aliphatic rings. The molecule has 0 heterocycles. The Morgan fingerprint density at radius 2 is 1.85 bits per heavy atom. The third kappa shape index (κ3) is 2.88. The van der Waals surface area contributed by atoms with Crippen molar-refractivity contribution < 1.29 is 4.79 Å². The van der Waals surface area contributed by atoms with Gasteiger partial charge < -0.3 is 10.2 Å². The van der Waals surface area contributed by atoms with Crippen molar-refractivity contribution in [2.75, 3.05) is 20.6 Å². The molecule has 3 heteroatoms. The van der Waals surface area contributed by atoms with Crippen molar-refractivity contribution in [3.8, 4) is 0 Å². The maximum atomic E-state index is 12.2. The van der Waals surface area contributed by atoms with Gasteiger partial charge in [-0.1, -0.05) is 30.3 Å². The molecule has 2 fully saturated rings. The van der Waals surface area contributed by atoms with E-state index in [1.807, 2.05) is 6.07 Å². The molecule has 0 saturated heterocycles. The average molecular weight is 272 g/mol. The minimum absolute atomic E-state index is 0.246. The maximum Gasteiger partial charge on any atom is 0.223 e. The number of nitrogens with zero attached hydrogens (tertiary/aromatic N) is 1. The van der Waals surface area contributed by atoms with Crippen molar-refractivity contribution in [3.63, 3.8) is 0 Å². The molecule has 2 saturated carbocycles. The number of hydrogen-bond acceptors (Lipinski definition) is 2. The monoisotopic (exact) mass is 272 g/mol. The Morgan fingerprint density at radius 1 is 1.20 bits per heavy atom. The molecule has 1 aromatic rings. The Bertz CT molecular complexity index is 461. The van der Waals surface area contributed by atoms with Crippen LogP contribution in [-0.2, 0) is 4.79 Å². The molecule has 20 heavy (non-hydrogen) atoms. The van der Waals surface area contributed by atoms with E-state index in [0.717, 1.165) is 24.7 Å². The van der Waals surface area contributed by atoms with Gasteiger partial charge in [0.15, 0.2) is 0 Å². The average Bonchev–Trinajstić information content (AvgIpc) is 3.06. The minimum atomic E-state index is 0.246. The second kappa shape index (κ2) is 5.57. The van der Waals surface area contributed by atoms with E-state index in [-0.39, 0.29) is 17.9 Å². The fraction of sp³-hybridized carbons (Fsp3) is 0.588. The molecule has 2 aliphatic carbocycles. The summed E-state index contributed by atoms with van der Waals surface area (Å²) in [5.74, 6) is 2.27.